The fourth-order valence-electron chi connectivity index (χ4n) is 2.09. The summed E-state index contributed by atoms with van der Waals surface area (Å²) in [5.41, 5.74) is 2.34. The molecule has 0 unspecified atom stereocenters. The minimum Gasteiger partial charge on any atom is -0.478 e. The normalized spacial score (nSPS) is 14.4. The average Bonchev–Trinajstić information content (AvgIpc) is 3.27. The van der Waals surface area contributed by atoms with Gasteiger partial charge in [0.25, 0.3) is 0 Å². The van der Waals surface area contributed by atoms with Crippen LogP contribution in [0.25, 0.3) is 0 Å². The first-order valence-electron chi connectivity index (χ1n) is 6.89. The van der Waals surface area contributed by atoms with Crippen LogP contribution in [0.1, 0.15) is 30.9 Å². The molecule has 4 nitrogen and oxygen atoms in total. The molecule has 4 heteroatoms. The summed E-state index contributed by atoms with van der Waals surface area (Å²) in [6, 6.07) is 8.45. The summed E-state index contributed by atoms with van der Waals surface area (Å²) in [5.74, 6) is -1.32. The van der Waals surface area contributed by atoms with Crippen molar-refractivity contribution < 1.29 is 14.7 Å². The van der Waals surface area contributed by atoms with Crippen LogP contribution in [0.3, 0.4) is 0 Å². The van der Waals surface area contributed by atoms with Crippen LogP contribution < -0.4 is 0 Å². The highest BCUT2D eigenvalue weighted by molar-refractivity contribution is 5.94. The Labute approximate surface area is 118 Å². The summed E-state index contributed by atoms with van der Waals surface area (Å²) in [7, 11) is 0. The first-order chi connectivity index (χ1) is 9.60. The number of carbonyl (C=O) groups is 2. The first kappa shape index (κ1) is 14.3. The summed E-state index contributed by atoms with van der Waals surface area (Å²) in [6.45, 7) is 2.64. The Bertz CT molecular complexity index is 515. The Morgan fingerprint density at radius 1 is 1.20 bits per heavy atom. The SMILES string of the molecule is CCc1ccc(CN(C(=O)/C=C/C(=O)O)C2CC2)cc1. The van der Waals surface area contributed by atoms with Gasteiger partial charge in [-0.05, 0) is 30.4 Å². The minimum atomic E-state index is -1.10. The fraction of sp³-hybridized carbons (Fsp3) is 0.375. The molecule has 1 aliphatic carbocycles. The molecule has 20 heavy (non-hydrogen) atoms. The molecule has 0 aromatic heterocycles. The van der Waals surface area contributed by atoms with Crippen molar-refractivity contribution in [2.45, 2.75) is 38.8 Å². The maximum atomic E-state index is 12.0. The number of rotatable bonds is 6. The molecule has 0 radical (unpaired) electrons. The summed E-state index contributed by atoms with van der Waals surface area (Å²) in [5, 5.41) is 8.59. The van der Waals surface area contributed by atoms with Crippen LogP contribution in [0.5, 0.6) is 0 Å². The van der Waals surface area contributed by atoms with Crippen molar-refractivity contribution in [1.29, 1.82) is 0 Å². The van der Waals surface area contributed by atoms with Crippen molar-refractivity contribution in [2.24, 2.45) is 0 Å². The first-order valence-corrected chi connectivity index (χ1v) is 6.89. The molecule has 1 saturated carbocycles. The van der Waals surface area contributed by atoms with E-state index < -0.39 is 5.97 Å². The van der Waals surface area contributed by atoms with Gasteiger partial charge in [-0.3, -0.25) is 4.79 Å². The molecule has 1 aromatic carbocycles. The van der Waals surface area contributed by atoms with E-state index in [-0.39, 0.29) is 11.9 Å². The third-order valence-electron chi connectivity index (χ3n) is 3.42. The second-order valence-electron chi connectivity index (χ2n) is 5.04. The molecule has 0 saturated heterocycles. The highest BCUT2D eigenvalue weighted by Crippen LogP contribution is 2.28. The molecule has 1 N–H and O–H groups in total. The van der Waals surface area contributed by atoms with Gasteiger partial charge in [0.05, 0.1) is 0 Å². The lowest BCUT2D eigenvalue weighted by Crippen LogP contribution is -2.31. The van der Waals surface area contributed by atoms with E-state index in [1.54, 1.807) is 4.90 Å². The second-order valence-corrected chi connectivity index (χ2v) is 5.04. The molecular formula is C16H19NO3. The van der Waals surface area contributed by atoms with Gasteiger partial charge in [0.2, 0.25) is 5.91 Å². The molecule has 1 aromatic rings. The van der Waals surface area contributed by atoms with E-state index in [9.17, 15) is 9.59 Å². The predicted octanol–water partition coefficient (Wildman–Crippen LogP) is 2.38. The number of aryl methyl sites for hydroxylation is 1. The quantitative estimate of drug-likeness (QED) is 0.810. The fourth-order valence-corrected chi connectivity index (χ4v) is 2.09. The van der Waals surface area contributed by atoms with Crippen LogP contribution in [0.15, 0.2) is 36.4 Å². The number of benzene rings is 1. The maximum absolute atomic E-state index is 12.0. The van der Waals surface area contributed by atoms with E-state index in [1.807, 2.05) is 12.1 Å². The van der Waals surface area contributed by atoms with Gasteiger partial charge in [-0.15, -0.1) is 0 Å². The van der Waals surface area contributed by atoms with Gasteiger partial charge in [-0.2, -0.15) is 0 Å². The molecule has 106 valence electrons. The van der Waals surface area contributed by atoms with Crippen LogP contribution in [0.2, 0.25) is 0 Å². The van der Waals surface area contributed by atoms with Gasteiger partial charge in [-0.25, -0.2) is 4.79 Å². The van der Waals surface area contributed by atoms with E-state index in [0.717, 1.165) is 37.0 Å². The number of hydrogen-bond acceptors (Lipinski definition) is 2. The molecule has 0 bridgehead atoms. The molecule has 0 spiro atoms. The topological polar surface area (TPSA) is 57.6 Å². The van der Waals surface area contributed by atoms with Gasteiger partial charge in [0.15, 0.2) is 0 Å². The Morgan fingerprint density at radius 3 is 2.30 bits per heavy atom. The van der Waals surface area contributed by atoms with E-state index in [2.05, 4.69) is 19.1 Å². The number of amides is 1. The maximum Gasteiger partial charge on any atom is 0.328 e. The van der Waals surface area contributed by atoms with E-state index in [4.69, 9.17) is 5.11 Å². The van der Waals surface area contributed by atoms with Gasteiger partial charge in [0.1, 0.15) is 0 Å². The Hall–Kier alpha value is -2.10. The third kappa shape index (κ3) is 3.95. The van der Waals surface area contributed by atoms with E-state index in [1.165, 1.54) is 5.56 Å². The molecule has 1 amide bonds. The number of aliphatic carboxylic acids is 1. The summed E-state index contributed by atoms with van der Waals surface area (Å²) >= 11 is 0. The third-order valence-corrected chi connectivity index (χ3v) is 3.42. The summed E-state index contributed by atoms with van der Waals surface area (Å²) < 4.78 is 0. The van der Waals surface area contributed by atoms with Crippen molar-refractivity contribution in [3.63, 3.8) is 0 Å². The average molecular weight is 273 g/mol. The van der Waals surface area contributed by atoms with Crippen LogP contribution in [0.4, 0.5) is 0 Å². The van der Waals surface area contributed by atoms with Crippen LogP contribution in [-0.2, 0) is 22.6 Å². The molecule has 0 aliphatic heterocycles. The van der Waals surface area contributed by atoms with Gasteiger partial charge >= 0.3 is 5.97 Å². The van der Waals surface area contributed by atoms with Gasteiger partial charge < -0.3 is 10.0 Å². The minimum absolute atomic E-state index is 0.227. The van der Waals surface area contributed by atoms with E-state index >= 15 is 0 Å². The van der Waals surface area contributed by atoms with Crippen LogP contribution in [0, 0.1) is 0 Å². The lowest BCUT2D eigenvalue weighted by Gasteiger charge is -2.21. The molecular weight excluding hydrogens is 254 g/mol. The van der Waals surface area contributed by atoms with Crippen molar-refractivity contribution >= 4 is 11.9 Å². The lowest BCUT2D eigenvalue weighted by atomic mass is 10.1. The van der Waals surface area contributed by atoms with Gasteiger partial charge in [0, 0.05) is 24.7 Å². The highest BCUT2D eigenvalue weighted by atomic mass is 16.4. The van der Waals surface area contributed by atoms with Crippen molar-refractivity contribution in [3.8, 4) is 0 Å². The zero-order valence-electron chi connectivity index (χ0n) is 11.6. The molecule has 2 rings (SSSR count). The number of nitrogens with zero attached hydrogens (tertiary/aromatic N) is 1. The van der Waals surface area contributed by atoms with Crippen molar-refractivity contribution in [2.75, 3.05) is 0 Å². The Kier molecular flexibility index (Phi) is 4.56. The highest BCUT2D eigenvalue weighted by Gasteiger charge is 2.31. The second kappa shape index (κ2) is 6.37. The Morgan fingerprint density at radius 2 is 1.80 bits per heavy atom. The number of carboxylic acids is 1. The number of carbonyl (C=O) groups excluding carboxylic acids is 1. The molecule has 1 fully saturated rings. The van der Waals surface area contributed by atoms with Crippen LogP contribution in [-0.4, -0.2) is 27.9 Å². The van der Waals surface area contributed by atoms with Gasteiger partial charge in [-0.1, -0.05) is 31.2 Å². The zero-order valence-corrected chi connectivity index (χ0v) is 11.6. The smallest absolute Gasteiger partial charge is 0.328 e. The molecule has 0 heterocycles. The Balaban J connectivity index is 2.05. The monoisotopic (exact) mass is 273 g/mol. The summed E-state index contributed by atoms with van der Waals surface area (Å²) in [6.07, 6.45) is 5.03. The predicted molar refractivity (Wildman–Crippen MR) is 76.2 cm³/mol. The van der Waals surface area contributed by atoms with Crippen LogP contribution >= 0.6 is 0 Å². The number of hydrogen-bond donors (Lipinski definition) is 1. The van der Waals surface area contributed by atoms with E-state index in [0.29, 0.717) is 6.54 Å². The standard InChI is InChI=1S/C16H19NO3/c1-2-12-3-5-13(6-4-12)11-17(14-7-8-14)15(18)9-10-16(19)20/h3-6,9-10,14H,2,7-8,11H2,1H3,(H,19,20)/b10-9+. The summed E-state index contributed by atoms with van der Waals surface area (Å²) in [4.78, 5) is 24.3. The van der Waals surface area contributed by atoms with Crippen molar-refractivity contribution in [3.05, 3.63) is 47.5 Å². The largest absolute Gasteiger partial charge is 0.478 e. The molecule has 1 aliphatic rings. The lowest BCUT2D eigenvalue weighted by molar-refractivity contribution is -0.132. The zero-order chi connectivity index (χ0) is 14.5. The number of carboxylic acid groups (broad SMARTS) is 1. The van der Waals surface area contributed by atoms with Crippen molar-refractivity contribution in [1.82, 2.24) is 4.90 Å². The molecule has 0 atom stereocenters.